The summed E-state index contributed by atoms with van der Waals surface area (Å²) in [7, 11) is 0. The maximum atomic E-state index is 12.9. The van der Waals surface area contributed by atoms with E-state index in [2.05, 4.69) is 96.1 Å². The summed E-state index contributed by atoms with van der Waals surface area (Å²) in [4.78, 5) is 12.9. The minimum Gasteiger partial charge on any atom is -0.272 e. The Kier molecular flexibility index (Phi) is 7.59. The van der Waals surface area contributed by atoms with Crippen LogP contribution in [0.25, 0.3) is 38.6 Å². The number of fused-ring (bicyclic) bond motifs is 2. The molecule has 0 atom stereocenters. The standard InChI is InChI=1S/C35H31N5OS/c1-35(2,3)27-19-17-24(18-20-27)33-38-39-34(40(33)28-13-5-4-6-14-28)42-23-32(41)37-36-22-31-29-15-9-7-11-25(29)21-26-12-8-10-16-30(26)31/h4-22H,23H2,1-3H3,(H,37,41)/b36-22-. The Morgan fingerprint density at radius 2 is 1.45 bits per heavy atom. The van der Waals surface area contributed by atoms with Crippen molar-refractivity contribution >= 4 is 45.4 Å². The van der Waals surface area contributed by atoms with E-state index in [1.54, 1.807) is 6.21 Å². The number of nitrogens with one attached hydrogen (secondary N) is 1. The molecular weight excluding hydrogens is 538 g/mol. The van der Waals surface area contributed by atoms with Crippen LogP contribution in [0.1, 0.15) is 31.9 Å². The first-order chi connectivity index (χ1) is 20.4. The summed E-state index contributed by atoms with van der Waals surface area (Å²) in [5.41, 5.74) is 6.88. The first-order valence-electron chi connectivity index (χ1n) is 13.9. The van der Waals surface area contributed by atoms with Gasteiger partial charge in [0.1, 0.15) is 0 Å². The second-order valence-corrected chi connectivity index (χ2v) is 12.1. The van der Waals surface area contributed by atoms with E-state index in [9.17, 15) is 4.79 Å². The van der Waals surface area contributed by atoms with Crippen LogP contribution in [0.2, 0.25) is 0 Å². The number of hydrazone groups is 1. The fourth-order valence-electron chi connectivity index (χ4n) is 5.00. The monoisotopic (exact) mass is 569 g/mol. The lowest BCUT2D eigenvalue weighted by Gasteiger charge is -2.19. The molecule has 0 radical (unpaired) electrons. The van der Waals surface area contributed by atoms with E-state index in [1.807, 2.05) is 59.2 Å². The molecular formula is C35H31N5OS. The van der Waals surface area contributed by atoms with E-state index in [1.165, 1.54) is 17.3 Å². The van der Waals surface area contributed by atoms with E-state index in [0.717, 1.165) is 44.2 Å². The van der Waals surface area contributed by atoms with Gasteiger partial charge in [-0.05, 0) is 50.7 Å². The van der Waals surface area contributed by atoms with Gasteiger partial charge in [0, 0.05) is 16.8 Å². The summed E-state index contributed by atoms with van der Waals surface area (Å²) in [6.45, 7) is 6.59. The number of hydrogen-bond acceptors (Lipinski definition) is 5. The molecule has 0 aliphatic heterocycles. The van der Waals surface area contributed by atoms with Crippen molar-refractivity contribution in [2.75, 3.05) is 5.75 Å². The lowest BCUT2D eigenvalue weighted by Crippen LogP contribution is -2.20. The Morgan fingerprint density at radius 3 is 2.10 bits per heavy atom. The fraction of sp³-hybridized carbons (Fsp3) is 0.143. The molecule has 0 unspecified atom stereocenters. The van der Waals surface area contributed by atoms with Crippen LogP contribution in [0.5, 0.6) is 0 Å². The number of carbonyl (C=O) groups is 1. The minimum atomic E-state index is -0.223. The van der Waals surface area contributed by atoms with Crippen molar-refractivity contribution < 1.29 is 4.79 Å². The highest BCUT2D eigenvalue weighted by molar-refractivity contribution is 7.99. The quantitative estimate of drug-likeness (QED) is 0.0922. The lowest BCUT2D eigenvalue weighted by atomic mass is 9.87. The van der Waals surface area contributed by atoms with Gasteiger partial charge in [0.15, 0.2) is 11.0 Å². The second-order valence-electron chi connectivity index (χ2n) is 11.1. The summed E-state index contributed by atoms with van der Waals surface area (Å²) >= 11 is 1.33. The van der Waals surface area contributed by atoms with Gasteiger partial charge in [-0.2, -0.15) is 5.10 Å². The molecule has 6 aromatic rings. The van der Waals surface area contributed by atoms with Crippen molar-refractivity contribution in [2.45, 2.75) is 31.3 Å². The average Bonchev–Trinajstić information content (AvgIpc) is 3.44. The molecule has 0 bridgehead atoms. The predicted octanol–water partition coefficient (Wildman–Crippen LogP) is 7.78. The molecule has 0 saturated carbocycles. The van der Waals surface area contributed by atoms with Gasteiger partial charge in [0.25, 0.3) is 5.91 Å². The van der Waals surface area contributed by atoms with Gasteiger partial charge < -0.3 is 0 Å². The van der Waals surface area contributed by atoms with Gasteiger partial charge in [-0.15, -0.1) is 10.2 Å². The number of aromatic nitrogens is 3. The summed E-state index contributed by atoms with van der Waals surface area (Å²) in [6.07, 6.45) is 1.74. The largest absolute Gasteiger partial charge is 0.272 e. The number of carbonyl (C=O) groups excluding carboxylic acids is 1. The number of rotatable bonds is 7. The number of amides is 1. The fourth-order valence-corrected chi connectivity index (χ4v) is 5.74. The van der Waals surface area contributed by atoms with Crippen LogP contribution < -0.4 is 5.43 Å². The highest BCUT2D eigenvalue weighted by atomic mass is 32.2. The topological polar surface area (TPSA) is 72.2 Å². The minimum absolute atomic E-state index is 0.0587. The van der Waals surface area contributed by atoms with Crippen molar-refractivity contribution in [3.63, 3.8) is 0 Å². The summed E-state index contributed by atoms with van der Waals surface area (Å²) in [5.74, 6) is 0.645. The van der Waals surface area contributed by atoms with Crippen molar-refractivity contribution in [2.24, 2.45) is 5.10 Å². The third kappa shape index (κ3) is 5.69. The lowest BCUT2D eigenvalue weighted by molar-refractivity contribution is -0.118. The molecule has 5 aromatic carbocycles. The van der Waals surface area contributed by atoms with E-state index < -0.39 is 0 Å². The normalized spacial score (nSPS) is 11.9. The van der Waals surface area contributed by atoms with Crippen molar-refractivity contribution in [3.8, 4) is 17.1 Å². The molecule has 0 aliphatic carbocycles. The molecule has 1 N–H and O–H groups in total. The van der Waals surface area contributed by atoms with Crippen LogP contribution in [-0.2, 0) is 10.2 Å². The highest BCUT2D eigenvalue weighted by Crippen LogP contribution is 2.30. The van der Waals surface area contributed by atoms with Gasteiger partial charge in [0.2, 0.25) is 0 Å². The van der Waals surface area contributed by atoms with E-state index in [0.29, 0.717) is 5.16 Å². The molecule has 0 aliphatic rings. The zero-order valence-electron chi connectivity index (χ0n) is 23.8. The Labute approximate surface area is 249 Å². The molecule has 0 spiro atoms. The maximum Gasteiger partial charge on any atom is 0.250 e. The van der Waals surface area contributed by atoms with Crippen molar-refractivity contribution in [1.82, 2.24) is 20.2 Å². The number of para-hydroxylation sites is 1. The molecule has 7 heteroatoms. The Balaban J connectivity index is 1.22. The maximum absolute atomic E-state index is 12.9. The van der Waals surface area contributed by atoms with Crippen LogP contribution in [-0.4, -0.2) is 32.6 Å². The SMILES string of the molecule is CC(C)(C)c1ccc(-c2nnc(SCC(=O)N/N=C\c3c4ccccc4cc4ccccc34)n2-c2ccccc2)cc1. The Morgan fingerprint density at radius 1 is 0.833 bits per heavy atom. The first kappa shape index (κ1) is 27.4. The zero-order valence-corrected chi connectivity index (χ0v) is 24.6. The van der Waals surface area contributed by atoms with Crippen LogP contribution in [0.15, 0.2) is 119 Å². The Bertz CT molecular complexity index is 1850. The van der Waals surface area contributed by atoms with E-state index in [-0.39, 0.29) is 17.1 Å². The molecule has 0 fully saturated rings. The molecule has 6 nitrogen and oxygen atoms in total. The van der Waals surface area contributed by atoms with Crippen molar-refractivity contribution in [1.29, 1.82) is 0 Å². The molecule has 1 aromatic heterocycles. The van der Waals surface area contributed by atoms with Gasteiger partial charge in [-0.3, -0.25) is 9.36 Å². The number of benzene rings is 5. The number of thioether (sulfide) groups is 1. The second kappa shape index (κ2) is 11.6. The smallest absolute Gasteiger partial charge is 0.250 e. The van der Waals surface area contributed by atoms with Crippen LogP contribution in [0.4, 0.5) is 0 Å². The van der Waals surface area contributed by atoms with Gasteiger partial charge in [-0.25, -0.2) is 5.43 Å². The summed E-state index contributed by atoms with van der Waals surface area (Å²) in [6, 6.07) is 37.0. The van der Waals surface area contributed by atoms with Gasteiger partial charge in [0.05, 0.1) is 12.0 Å². The summed E-state index contributed by atoms with van der Waals surface area (Å²) in [5, 5.41) is 18.4. The zero-order chi connectivity index (χ0) is 29.1. The molecule has 1 heterocycles. The molecule has 208 valence electrons. The summed E-state index contributed by atoms with van der Waals surface area (Å²) < 4.78 is 2.00. The molecule has 1 amide bonds. The first-order valence-corrected chi connectivity index (χ1v) is 14.8. The van der Waals surface area contributed by atoms with Crippen LogP contribution in [0.3, 0.4) is 0 Å². The van der Waals surface area contributed by atoms with E-state index in [4.69, 9.17) is 0 Å². The number of hydrogen-bond donors (Lipinski definition) is 1. The van der Waals surface area contributed by atoms with E-state index >= 15 is 0 Å². The Hall–Kier alpha value is -4.75. The van der Waals surface area contributed by atoms with Gasteiger partial charge >= 0.3 is 0 Å². The molecule has 42 heavy (non-hydrogen) atoms. The number of nitrogens with zero attached hydrogens (tertiary/aromatic N) is 4. The van der Waals surface area contributed by atoms with Crippen LogP contribution in [0, 0.1) is 0 Å². The third-order valence-electron chi connectivity index (χ3n) is 7.19. The predicted molar refractivity (Wildman–Crippen MR) is 173 cm³/mol. The van der Waals surface area contributed by atoms with Gasteiger partial charge in [-0.1, -0.05) is 124 Å². The highest BCUT2D eigenvalue weighted by Gasteiger charge is 2.19. The molecule has 0 saturated heterocycles. The average molecular weight is 570 g/mol. The third-order valence-corrected chi connectivity index (χ3v) is 8.11. The van der Waals surface area contributed by atoms with Crippen molar-refractivity contribution in [3.05, 3.63) is 120 Å². The molecule has 6 rings (SSSR count). The van der Waals surface area contributed by atoms with Crippen LogP contribution >= 0.6 is 11.8 Å².